The lowest BCUT2D eigenvalue weighted by molar-refractivity contribution is -0.139. The second kappa shape index (κ2) is 6.63. The summed E-state index contributed by atoms with van der Waals surface area (Å²) >= 11 is 0. The van der Waals surface area contributed by atoms with Crippen molar-refractivity contribution in [2.45, 2.75) is 44.1 Å². The summed E-state index contributed by atoms with van der Waals surface area (Å²) in [5, 5.41) is 0. The van der Waals surface area contributed by atoms with Crippen LogP contribution in [0.2, 0.25) is 0 Å². The first-order valence-electron chi connectivity index (χ1n) is 8.56. The molecule has 1 aliphatic carbocycles. The zero-order valence-corrected chi connectivity index (χ0v) is 13.1. The normalized spacial score (nSPS) is 30.5. The van der Waals surface area contributed by atoms with Crippen LogP contribution in [0.1, 0.15) is 38.5 Å². The highest BCUT2D eigenvalue weighted by Crippen LogP contribution is 2.30. The molecule has 0 radical (unpaired) electrons. The summed E-state index contributed by atoms with van der Waals surface area (Å²) < 4.78 is 5.41. The lowest BCUT2D eigenvalue weighted by Crippen LogP contribution is -2.56. The lowest BCUT2D eigenvalue weighted by atomic mass is 9.92. The molecule has 5 heteroatoms. The Bertz CT molecular complexity index is 363. The summed E-state index contributed by atoms with van der Waals surface area (Å²) in [6.45, 7) is 6.66. The van der Waals surface area contributed by atoms with E-state index in [0.29, 0.717) is 5.92 Å². The fourth-order valence-corrected chi connectivity index (χ4v) is 4.08. The number of rotatable bonds is 3. The van der Waals surface area contributed by atoms with Crippen LogP contribution >= 0.6 is 0 Å². The van der Waals surface area contributed by atoms with Crippen molar-refractivity contribution in [1.82, 2.24) is 9.80 Å². The number of carbonyl (C=O) groups excluding carboxylic acids is 1. The monoisotopic (exact) mass is 295 g/mol. The Labute approximate surface area is 127 Å². The van der Waals surface area contributed by atoms with Crippen molar-refractivity contribution < 1.29 is 9.53 Å². The van der Waals surface area contributed by atoms with Gasteiger partial charge in [-0.15, -0.1) is 0 Å². The number of ether oxygens (including phenoxy) is 1. The third-order valence-electron chi connectivity index (χ3n) is 5.35. The van der Waals surface area contributed by atoms with Gasteiger partial charge in [-0.25, -0.2) is 0 Å². The molecule has 3 aliphatic rings. The van der Waals surface area contributed by atoms with Gasteiger partial charge in [0, 0.05) is 32.7 Å². The predicted molar refractivity (Wildman–Crippen MR) is 81.9 cm³/mol. The zero-order chi connectivity index (χ0) is 14.7. The Balaban J connectivity index is 1.53. The summed E-state index contributed by atoms with van der Waals surface area (Å²) in [6, 6.07) is 0. The molecule has 2 saturated heterocycles. The molecule has 5 nitrogen and oxygen atoms in total. The van der Waals surface area contributed by atoms with Crippen LogP contribution in [0.25, 0.3) is 0 Å². The topological polar surface area (TPSA) is 58.8 Å². The zero-order valence-electron chi connectivity index (χ0n) is 13.1. The van der Waals surface area contributed by atoms with Crippen LogP contribution in [-0.4, -0.2) is 67.2 Å². The average molecular weight is 295 g/mol. The van der Waals surface area contributed by atoms with E-state index >= 15 is 0 Å². The van der Waals surface area contributed by atoms with Crippen LogP contribution in [0.5, 0.6) is 0 Å². The first kappa shape index (κ1) is 15.3. The van der Waals surface area contributed by atoms with Gasteiger partial charge in [-0.05, 0) is 31.6 Å². The van der Waals surface area contributed by atoms with Crippen LogP contribution in [0.3, 0.4) is 0 Å². The lowest BCUT2D eigenvalue weighted by Gasteiger charge is -2.39. The molecule has 21 heavy (non-hydrogen) atoms. The fraction of sp³-hybridized carbons (Fsp3) is 0.938. The van der Waals surface area contributed by atoms with Gasteiger partial charge in [0.25, 0.3) is 0 Å². The van der Waals surface area contributed by atoms with Gasteiger partial charge in [0.05, 0.1) is 18.8 Å². The standard InChI is InChI=1S/C16H29N3O2/c17-16(5-1-2-6-16)15(20)19-7-3-4-14(13-19)12-18-8-10-21-11-9-18/h14H,1-13,17H2. The van der Waals surface area contributed by atoms with E-state index in [1.54, 1.807) is 0 Å². The Morgan fingerprint density at radius 3 is 2.57 bits per heavy atom. The van der Waals surface area contributed by atoms with Crippen molar-refractivity contribution in [1.29, 1.82) is 0 Å². The van der Waals surface area contributed by atoms with E-state index in [-0.39, 0.29) is 5.91 Å². The van der Waals surface area contributed by atoms with E-state index in [0.717, 1.165) is 78.0 Å². The Kier molecular flexibility index (Phi) is 4.82. The Morgan fingerprint density at radius 1 is 1.14 bits per heavy atom. The molecule has 1 saturated carbocycles. The molecule has 3 fully saturated rings. The van der Waals surface area contributed by atoms with Crippen molar-refractivity contribution in [3.8, 4) is 0 Å². The molecule has 2 heterocycles. The van der Waals surface area contributed by atoms with Crippen molar-refractivity contribution in [2.75, 3.05) is 45.9 Å². The van der Waals surface area contributed by atoms with Crippen LogP contribution in [0.4, 0.5) is 0 Å². The molecular weight excluding hydrogens is 266 g/mol. The smallest absolute Gasteiger partial charge is 0.242 e. The third-order valence-corrected chi connectivity index (χ3v) is 5.35. The number of nitrogens with two attached hydrogens (primary N) is 1. The van der Waals surface area contributed by atoms with Crippen LogP contribution in [-0.2, 0) is 9.53 Å². The minimum Gasteiger partial charge on any atom is -0.379 e. The predicted octanol–water partition coefficient (Wildman–Crippen LogP) is 0.829. The van der Waals surface area contributed by atoms with Crippen molar-refractivity contribution >= 4 is 5.91 Å². The molecule has 120 valence electrons. The molecule has 0 aromatic rings. The molecular formula is C16H29N3O2. The molecule has 1 atom stereocenters. The molecule has 1 amide bonds. The maximum absolute atomic E-state index is 12.7. The van der Waals surface area contributed by atoms with Crippen molar-refractivity contribution in [2.24, 2.45) is 11.7 Å². The summed E-state index contributed by atoms with van der Waals surface area (Å²) in [5.41, 5.74) is 5.79. The van der Waals surface area contributed by atoms with Crippen LogP contribution in [0.15, 0.2) is 0 Å². The summed E-state index contributed by atoms with van der Waals surface area (Å²) in [7, 11) is 0. The molecule has 0 aromatic heterocycles. The summed E-state index contributed by atoms with van der Waals surface area (Å²) in [6.07, 6.45) is 6.31. The second-order valence-corrected chi connectivity index (χ2v) is 7.04. The highest BCUT2D eigenvalue weighted by molar-refractivity contribution is 5.86. The summed E-state index contributed by atoms with van der Waals surface area (Å²) in [4.78, 5) is 17.3. The number of amides is 1. The number of carbonyl (C=O) groups is 1. The van der Waals surface area contributed by atoms with E-state index in [1.807, 2.05) is 0 Å². The number of hydrogen-bond acceptors (Lipinski definition) is 4. The Hall–Kier alpha value is -0.650. The molecule has 3 rings (SSSR count). The molecule has 1 unspecified atom stereocenters. The number of piperidine rings is 1. The highest BCUT2D eigenvalue weighted by Gasteiger charge is 2.41. The molecule has 0 spiro atoms. The summed E-state index contributed by atoms with van der Waals surface area (Å²) in [5.74, 6) is 0.817. The van der Waals surface area contributed by atoms with Crippen LogP contribution in [0, 0.1) is 5.92 Å². The van der Waals surface area contributed by atoms with E-state index < -0.39 is 5.54 Å². The van der Waals surface area contributed by atoms with Gasteiger partial charge in [-0.2, -0.15) is 0 Å². The first-order valence-corrected chi connectivity index (χ1v) is 8.56. The maximum atomic E-state index is 12.7. The van der Waals surface area contributed by atoms with Gasteiger partial charge in [-0.3, -0.25) is 9.69 Å². The van der Waals surface area contributed by atoms with Gasteiger partial charge in [0.15, 0.2) is 0 Å². The number of nitrogens with zero attached hydrogens (tertiary/aromatic N) is 2. The van der Waals surface area contributed by atoms with Crippen molar-refractivity contribution in [3.05, 3.63) is 0 Å². The van der Waals surface area contributed by atoms with Gasteiger partial charge in [0.1, 0.15) is 0 Å². The van der Waals surface area contributed by atoms with Crippen LogP contribution < -0.4 is 5.73 Å². The molecule has 0 aromatic carbocycles. The van der Waals surface area contributed by atoms with Gasteiger partial charge < -0.3 is 15.4 Å². The van der Waals surface area contributed by atoms with E-state index in [2.05, 4.69) is 9.80 Å². The largest absolute Gasteiger partial charge is 0.379 e. The minimum atomic E-state index is -0.555. The molecule has 2 N–H and O–H groups in total. The van der Waals surface area contributed by atoms with E-state index in [4.69, 9.17) is 10.5 Å². The third kappa shape index (κ3) is 3.58. The number of hydrogen-bond donors (Lipinski definition) is 1. The quantitative estimate of drug-likeness (QED) is 0.838. The van der Waals surface area contributed by atoms with Gasteiger partial charge in [-0.1, -0.05) is 12.8 Å². The Morgan fingerprint density at radius 2 is 1.86 bits per heavy atom. The maximum Gasteiger partial charge on any atom is 0.242 e. The number of morpholine rings is 1. The van der Waals surface area contributed by atoms with E-state index in [9.17, 15) is 4.79 Å². The first-order chi connectivity index (χ1) is 10.2. The van der Waals surface area contributed by atoms with E-state index in [1.165, 1.54) is 6.42 Å². The number of likely N-dealkylation sites (tertiary alicyclic amines) is 1. The second-order valence-electron chi connectivity index (χ2n) is 7.04. The molecule has 0 bridgehead atoms. The van der Waals surface area contributed by atoms with Gasteiger partial charge in [0.2, 0.25) is 5.91 Å². The minimum absolute atomic E-state index is 0.215. The SMILES string of the molecule is NC1(C(=O)N2CCCC(CN3CCOCC3)C2)CCCC1. The van der Waals surface area contributed by atoms with Gasteiger partial charge >= 0.3 is 0 Å². The fourth-order valence-electron chi connectivity index (χ4n) is 4.08. The van der Waals surface area contributed by atoms with Crippen molar-refractivity contribution in [3.63, 3.8) is 0 Å². The highest BCUT2D eigenvalue weighted by atomic mass is 16.5. The molecule has 2 aliphatic heterocycles. The average Bonchev–Trinajstić information content (AvgIpc) is 2.96.